The number of carbonyl (C=O) groups excluding carboxylic acids is 1. The lowest BCUT2D eigenvalue weighted by atomic mass is 10.1. The summed E-state index contributed by atoms with van der Waals surface area (Å²) in [4.78, 5) is 28.5. The highest BCUT2D eigenvalue weighted by Gasteiger charge is 2.52. The number of hydrogen-bond donors (Lipinski definition) is 2. The molecule has 3 aliphatic rings. The molecular formula is C14H17N3O4. The maximum atomic E-state index is 12.7. The molecule has 21 heavy (non-hydrogen) atoms. The first-order valence-electron chi connectivity index (χ1n) is 7.24. The monoisotopic (exact) mass is 291 g/mol. The Morgan fingerprint density at radius 1 is 1.29 bits per heavy atom. The van der Waals surface area contributed by atoms with Crippen LogP contribution < -0.4 is 5.43 Å². The lowest BCUT2D eigenvalue weighted by Crippen LogP contribution is -2.51. The van der Waals surface area contributed by atoms with Crippen LogP contribution in [0.5, 0.6) is 11.5 Å². The zero-order valence-electron chi connectivity index (χ0n) is 11.7. The van der Waals surface area contributed by atoms with Crippen LogP contribution in [0.1, 0.15) is 30.3 Å². The molecule has 2 N–H and O–H groups in total. The van der Waals surface area contributed by atoms with Crippen LogP contribution in [0.2, 0.25) is 0 Å². The first-order valence-corrected chi connectivity index (χ1v) is 7.24. The molecule has 0 aromatic carbocycles. The fourth-order valence-corrected chi connectivity index (χ4v) is 4.13. The number of aromatic hydroxyl groups is 2. The van der Waals surface area contributed by atoms with Gasteiger partial charge in [-0.3, -0.25) is 14.5 Å². The summed E-state index contributed by atoms with van der Waals surface area (Å²) < 4.78 is 1.50. The molecule has 1 aromatic rings. The Hall–Kier alpha value is -2.02. The minimum absolute atomic E-state index is 0.0120. The predicted molar refractivity (Wildman–Crippen MR) is 73.2 cm³/mol. The maximum absolute atomic E-state index is 12.7. The summed E-state index contributed by atoms with van der Waals surface area (Å²) in [5, 5.41) is 19.5. The van der Waals surface area contributed by atoms with Crippen LogP contribution in [-0.4, -0.2) is 55.3 Å². The number of amides is 1. The van der Waals surface area contributed by atoms with Crippen molar-refractivity contribution in [1.82, 2.24) is 14.4 Å². The molecule has 0 unspecified atom stereocenters. The molecule has 7 nitrogen and oxygen atoms in total. The molecule has 4 heterocycles. The van der Waals surface area contributed by atoms with Crippen molar-refractivity contribution in [3.05, 3.63) is 22.1 Å². The molecule has 0 radical (unpaired) electrons. The van der Waals surface area contributed by atoms with Gasteiger partial charge in [0.05, 0.1) is 12.7 Å². The van der Waals surface area contributed by atoms with Gasteiger partial charge in [-0.15, -0.1) is 0 Å². The zero-order valence-corrected chi connectivity index (χ0v) is 11.7. The summed E-state index contributed by atoms with van der Waals surface area (Å²) in [6, 6.07) is 0.415. The Labute approximate surface area is 121 Å². The quantitative estimate of drug-likeness (QED) is 0.697. The topological polar surface area (TPSA) is 86.0 Å². The van der Waals surface area contributed by atoms with Gasteiger partial charge in [0.1, 0.15) is 6.17 Å². The Morgan fingerprint density at radius 2 is 2.05 bits per heavy atom. The largest absolute Gasteiger partial charge is 0.503 e. The summed E-state index contributed by atoms with van der Waals surface area (Å²) in [6.07, 6.45) is 3.38. The maximum Gasteiger partial charge on any atom is 0.276 e. The van der Waals surface area contributed by atoms with Crippen LogP contribution in [0.4, 0.5) is 0 Å². The van der Waals surface area contributed by atoms with E-state index in [1.54, 1.807) is 4.90 Å². The molecule has 2 fully saturated rings. The van der Waals surface area contributed by atoms with Gasteiger partial charge in [-0.2, -0.15) is 0 Å². The van der Waals surface area contributed by atoms with Crippen LogP contribution in [0.25, 0.3) is 0 Å². The number of rotatable bonds is 0. The van der Waals surface area contributed by atoms with E-state index in [-0.39, 0.29) is 23.8 Å². The zero-order chi connectivity index (χ0) is 14.9. The molecule has 112 valence electrons. The van der Waals surface area contributed by atoms with Crippen molar-refractivity contribution in [2.75, 3.05) is 6.54 Å². The normalized spacial score (nSPS) is 31.2. The van der Waals surface area contributed by atoms with Crippen LogP contribution in [0, 0.1) is 0 Å². The van der Waals surface area contributed by atoms with E-state index >= 15 is 0 Å². The number of pyridine rings is 1. The van der Waals surface area contributed by atoms with Gasteiger partial charge in [-0.05, 0) is 19.8 Å². The predicted octanol–water partition coefficient (Wildman–Crippen LogP) is -0.0921. The van der Waals surface area contributed by atoms with E-state index in [4.69, 9.17) is 0 Å². The van der Waals surface area contributed by atoms with E-state index in [0.717, 1.165) is 19.4 Å². The van der Waals surface area contributed by atoms with Gasteiger partial charge in [0, 0.05) is 18.6 Å². The average Bonchev–Trinajstić information content (AvgIpc) is 3.00. The molecular weight excluding hydrogens is 274 g/mol. The van der Waals surface area contributed by atoms with Gasteiger partial charge >= 0.3 is 0 Å². The summed E-state index contributed by atoms with van der Waals surface area (Å²) in [6.45, 7) is 3.44. The smallest absolute Gasteiger partial charge is 0.276 e. The SMILES string of the molecule is C[C@H]1[C@H]2CCCN2[C@@H]2Cn3cc(O)c(=O)c(O)c3C(=O)N12. The summed E-state index contributed by atoms with van der Waals surface area (Å²) in [7, 11) is 0. The Kier molecular flexibility index (Phi) is 2.42. The van der Waals surface area contributed by atoms with Crippen molar-refractivity contribution < 1.29 is 15.0 Å². The summed E-state index contributed by atoms with van der Waals surface area (Å²) in [5.74, 6) is -1.51. The van der Waals surface area contributed by atoms with Gasteiger partial charge in [-0.25, -0.2) is 0 Å². The Bertz CT molecular complexity index is 698. The van der Waals surface area contributed by atoms with Crippen molar-refractivity contribution in [2.24, 2.45) is 0 Å². The van der Waals surface area contributed by atoms with E-state index in [2.05, 4.69) is 4.90 Å². The second kappa shape index (κ2) is 4.00. The molecule has 0 aliphatic carbocycles. The van der Waals surface area contributed by atoms with E-state index in [1.165, 1.54) is 10.8 Å². The first-order chi connectivity index (χ1) is 10.0. The minimum Gasteiger partial charge on any atom is -0.503 e. The highest BCUT2D eigenvalue weighted by molar-refractivity contribution is 5.96. The highest BCUT2D eigenvalue weighted by atomic mass is 16.3. The third kappa shape index (κ3) is 1.47. The molecule has 1 amide bonds. The molecule has 4 rings (SSSR count). The lowest BCUT2D eigenvalue weighted by molar-refractivity contribution is 0.0460. The van der Waals surface area contributed by atoms with Gasteiger partial charge < -0.3 is 19.7 Å². The molecule has 3 aliphatic heterocycles. The van der Waals surface area contributed by atoms with Crippen molar-refractivity contribution in [3.63, 3.8) is 0 Å². The van der Waals surface area contributed by atoms with E-state index in [1.807, 2.05) is 6.92 Å². The second-order valence-electron chi connectivity index (χ2n) is 6.07. The Morgan fingerprint density at radius 3 is 2.81 bits per heavy atom. The minimum atomic E-state index is -0.889. The van der Waals surface area contributed by atoms with Crippen molar-refractivity contribution in [3.8, 4) is 11.5 Å². The van der Waals surface area contributed by atoms with Crippen LogP contribution in [0.15, 0.2) is 11.0 Å². The van der Waals surface area contributed by atoms with E-state index in [0.29, 0.717) is 12.6 Å². The van der Waals surface area contributed by atoms with Crippen molar-refractivity contribution in [2.45, 2.75) is 44.6 Å². The van der Waals surface area contributed by atoms with Gasteiger partial charge in [0.15, 0.2) is 17.2 Å². The third-order valence-corrected chi connectivity index (χ3v) is 5.08. The van der Waals surface area contributed by atoms with Gasteiger partial charge in [0.25, 0.3) is 11.3 Å². The van der Waals surface area contributed by atoms with Gasteiger partial charge in [-0.1, -0.05) is 0 Å². The highest BCUT2D eigenvalue weighted by Crippen LogP contribution is 2.39. The van der Waals surface area contributed by atoms with Crippen LogP contribution in [-0.2, 0) is 6.54 Å². The van der Waals surface area contributed by atoms with Crippen molar-refractivity contribution in [1.29, 1.82) is 0 Å². The average molecular weight is 291 g/mol. The van der Waals surface area contributed by atoms with Gasteiger partial charge in [0.2, 0.25) is 0 Å². The molecule has 7 heteroatoms. The van der Waals surface area contributed by atoms with E-state index < -0.39 is 16.9 Å². The second-order valence-corrected chi connectivity index (χ2v) is 6.07. The fraction of sp³-hybridized carbons (Fsp3) is 0.571. The summed E-state index contributed by atoms with van der Waals surface area (Å²) in [5.41, 5.74) is -0.900. The van der Waals surface area contributed by atoms with Crippen LogP contribution in [0.3, 0.4) is 0 Å². The standard InChI is InChI=1S/C14H17N3O4/c1-7-8-3-2-4-16(8)10-6-15-5-9(18)12(19)13(20)11(15)14(21)17(7)10/h5,7-8,10,18,20H,2-4,6H2,1H3/t7-,8+,10-/m0/s1. The fourth-order valence-electron chi connectivity index (χ4n) is 4.13. The number of nitrogens with zero attached hydrogens (tertiary/aromatic N) is 3. The number of aromatic nitrogens is 1. The molecule has 0 spiro atoms. The molecule has 3 atom stereocenters. The van der Waals surface area contributed by atoms with Crippen LogP contribution >= 0.6 is 0 Å². The Balaban J connectivity index is 1.87. The van der Waals surface area contributed by atoms with E-state index in [9.17, 15) is 19.8 Å². The number of hydrogen-bond acceptors (Lipinski definition) is 5. The lowest BCUT2D eigenvalue weighted by Gasteiger charge is -2.37. The van der Waals surface area contributed by atoms with Crippen molar-refractivity contribution >= 4 is 5.91 Å². The molecule has 0 saturated carbocycles. The first kappa shape index (κ1) is 12.7. The number of fused-ring (bicyclic) bond motifs is 4. The molecule has 1 aromatic heterocycles. The number of carbonyl (C=O) groups is 1. The summed E-state index contributed by atoms with van der Waals surface area (Å²) >= 11 is 0. The third-order valence-electron chi connectivity index (χ3n) is 5.08. The molecule has 2 saturated heterocycles. The molecule has 0 bridgehead atoms.